The second-order valence-electron chi connectivity index (χ2n) is 3.65. The van der Waals surface area contributed by atoms with Crippen molar-refractivity contribution in [1.29, 1.82) is 5.26 Å². The van der Waals surface area contributed by atoms with Crippen LogP contribution < -0.4 is 4.74 Å². The highest BCUT2D eigenvalue weighted by molar-refractivity contribution is 14.1. The van der Waals surface area contributed by atoms with Crippen molar-refractivity contribution in [2.45, 2.75) is 6.61 Å². The molecule has 2 aromatic carbocycles. The van der Waals surface area contributed by atoms with Crippen LogP contribution in [0.4, 0.5) is 4.39 Å². The van der Waals surface area contributed by atoms with E-state index in [1.807, 2.05) is 30.3 Å². The Morgan fingerprint density at radius 3 is 2.72 bits per heavy atom. The Kier molecular flexibility index (Phi) is 4.15. The molecule has 0 saturated heterocycles. The first-order valence-electron chi connectivity index (χ1n) is 5.26. The highest BCUT2D eigenvalue weighted by Gasteiger charge is 2.04. The third-order valence-electron chi connectivity index (χ3n) is 2.38. The number of nitriles is 1. The van der Waals surface area contributed by atoms with Crippen molar-refractivity contribution in [3.63, 3.8) is 0 Å². The Bertz CT molecular complexity index is 607. The molecule has 0 N–H and O–H groups in total. The Hall–Kier alpha value is -1.61. The molecule has 0 radical (unpaired) electrons. The Labute approximate surface area is 118 Å². The Balaban J connectivity index is 2.12. The maximum atomic E-state index is 13.1. The molecular weight excluding hydrogens is 344 g/mol. The summed E-state index contributed by atoms with van der Waals surface area (Å²) in [5.74, 6) is 0.275. The first-order valence-corrected chi connectivity index (χ1v) is 6.34. The number of benzene rings is 2. The molecule has 0 heterocycles. The van der Waals surface area contributed by atoms with E-state index >= 15 is 0 Å². The van der Waals surface area contributed by atoms with Gasteiger partial charge in [-0.1, -0.05) is 18.2 Å². The predicted molar refractivity (Wildman–Crippen MR) is 74.6 cm³/mol. The number of rotatable bonds is 3. The van der Waals surface area contributed by atoms with Crippen LogP contribution >= 0.6 is 22.6 Å². The van der Waals surface area contributed by atoms with E-state index < -0.39 is 5.82 Å². The fraction of sp³-hybridized carbons (Fsp3) is 0.0714. The second-order valence-corrected chi connectivity index (χ2v) is 4.81. The SMILES string of the molecule is N#Cc1cc(COc2ccccc2I)ccc1F. The van der Waals surface area contributed by atoms with Gasteiger partial charge in [0, 0.05) is 0 Å². The molecule has 0 aliphatic heterocycles. The smallest absolute Gasteiger partial charge is 0.140 e. The average molecular weight is 353 g/mol. The van der Waals surface area contributed by atoms with Crippen LogP contribution in [0.2, 0.25) is 0 Å². The summed E-state index contributed by atoms with van der Waals surface area (Å²) in [6.45, 7) is 0.314. The zero-order valence-corrected chi connectivity index (χ0v) is 11.5. The van der Waals surface area contributed by atoms with Gasteiger partial charge < -0.3 is 4.74 Å². The van der Waals surface area contributed by atoms with Crippen molar-refractivity contribution >= 4 is 22.6 Å². The fourth-order valence-electron chi connectivity index (χ4n) is 1.47. The van der Waals surface area contributed by atoms with E-state index in [2.05, 4.69) is 22.6 Å². The topological polar surface area (TPSA) is 33.0 Å². The van der Waals surface area contributed by atoms with Crippen molar-refractivity contribution < 1.29 is 9.13 Å². The van der Waals surface area contributed by atoms with Gasteiger partial charge in [0.1, 0.15) is 24.2 Å². The van der Waals surface area contributed by atoms with Gasteiger partial charge in [-0.15, -0.1) is 0 Å². The van der Waals surface area contributed by atoms with Gasteiger partial charge in [-0.2, -0.15) is 5.26 Å². The van der Waals surface area contributed by atoms with Crippen LogP contribution in [0.25, 0.3) is 0 Å². The van der Waals surface area contributed by atoms with Crippen LogP contribution in [-0.2, 0) is 6.61 Å². The molecule has 0 amide bonds. The number of hydrogen-bond donors (Lipinski definition) is 0. The first-order chi connectivity index (χ1) is 8.70. The standard InChI is InChI=1S/C14H9FINO/c15-12-6-5-10(7-11(12)8-17)9-18-14-4-2-1-3-13(14)16/h1-7H,9H2. The van der Waals surface area contributed by atoms with Crippen LogP contribution in [0.15, 0.2) is 42.5 Å². The number of hydrogen-bond acceptors (Lipinski definition) is 2. The van der Waals surface area contributed by atoms with Crippen molar-refractivity contribution in [2.75, 3.05) is 0 Å². The fourth-order valence-corrected chi connectivity index (χ4v) is 2.01. The summed E-state index contributed by atoms with van der Waals surface area (Å²) in [6, 6.07) is 13.9. The van der Waals surface area contributed by atoms with Crippen LogP contribution in [0.3, 0.4) is 0 Å². The minimum atomic E-state index is -0.504. The molecule has 0 bridgehead atoms. The van der Waals surface area contributed by atoms with Gasteiger partial charge in [0.15, 0.2) is 0 Å². The zero-order valence-electron chi connectivity index (χ0n) is 9.36. The lowest BCUT2D eigenvalue weighted by molar-refractivity contribution is 0.304. The average Bonchev–Trinajstić information content (AvgIpc) is 2.39. The van der Waals surface area contributed by atoms with Crippen LogP contribution in [0, 0.1) is 20.7 Å². The van der Waals surface area contributed by atoms with E-state index in [-0.39, 0.29) is 5.56 Å². The second kappa shape index (κ2) is 5.83. The molecule has 0 aliphatic rings. The third kappa shape index (κ3) is 2.99. The summed E-state index contributed by atoms with van der Waals surface area (Å²) in [7, 11) is 0. The lowest BCUT2D eigenvalue weighted by atomic mass is 10.1. The molecule has 18 heavy (non-hydrogen) atoms. The number of ether oxygens (including phenoxy) is 1. The summed E-state index contributed by atoms with van der Waals surface area (Å²) in [4.78, 5) is 0. The van der Waals surface area contributed by atoms with Gasteiger partial charge in [0.25, 0.3) is 0 Å². The Morgan fingerprint density at radius 2 is 2.00 bits per heavy atom. The molecule has 2 aromatic rings. The van der Waals surface area contributed by atoms with Gasteiger partial charge in [0.05, 0.1) is 9.13 Å². The van der Waals surface area contributed by atoms with E-state index in [4.69, 9.17) is 10.00 Å². The minimum Gasteiger partial charge on any atom is -0.488 e. The highest BCUT2D eigenvalue weighted by atomic mass is 127. The molecule has 4 heteroatoms. The normalized spacial score (nSPS) is 9.83. The largest absolute Gasteiger partial charge is 0.488 e. The number of nitrogens with zero attached hydrogens (tertiary/aromatic N) is 1. The van der Waals surface area contributed by atoms with Gasteiger partial charge in [-0.3, -0.25) is 0 Å². The van der Waals surface area contributed by atoms with Crippen LogP contribution in [-0.4, -0.2) is 0 Å². The summed E-state index contributed by atoms with van der Waals surface area (Å²) < 4.78 is 19.8. The molecule has 0 aromatic heterocycles. The maximum Gasteiger partial charge on any atom is 0.140 e. The van der Waals surface area contributed by atoms with Gasteiger partial charge in [0.2, 0.25) is 0 Å². The molecule has 2 nitrogen and oxygen atoms in total. The van der Waals surface area contributed by atoms with E-state index in [0.717, 1.165) is 14.9 Å². The van der Waals surface area contributed by atoms with Crippen molar-refractivity contribution in [3.05, 3.63) is 63.0 Å². The summed E-state index contributed by atoms with van der Waals surface area (Å²) in [5, 5.41) is 8.74. The van der Waals surface area contributed by atoms with Crippen molar-refractivity contribution in [3.8, 4) is 11.8 Å². The maximum absolute atomic E-state index is 13.1. The van der Waals surface area contributed by atoms with E-state index in [1.54, 1.807) is 6.07 Å². The molecule has 0 unspecified atom stereocenters. The number of para-hydroxylation sites is 1. The van der Waals surface area contributed by atoms with Gasteiger partial charge in [-0.05, 0) is 52.4 Å². The van der Waals surface area contributed by atoms with Crippen LogP contribution in [0.5, 0.6) is 5.75 Å². The Morgan fingerprint density at radius 1 is 1.22 bits per heavy atom. The van der Waals surface area contributed by atoms with Crippen LogP contribution in [0.1, 0.15) is 11.1 Å². The molecular formula is C14H9FINO. The molecule has 0 fully saturated rings. The van der Waals surface area contributed by atoms with E-state index in [9.17, 15) is 4.39 Å². The molecule has 2 rings (SSSR count). The molecule has 0 atom stereocenters. The van der Waals surface area contributed by atoms with E-state index in [1.165, 1.54) is 12.1 Å². The van der Waals surface area contributed by atoms with Gasteiger partial charge in [-0.25, -0.2) is 4.39 Å². The summed E-state index contributed by atoms with van der Waals surface area (Å²) in [5.41, 5.74) is 0.812. The molecule has 90 valence electrons. The summed E-state index contributed by atoms with van der Waals surface area (Å²) in [6.07, 6.45) is 0. The lowest BCUT2D eigenvalue weighted by Gasteiger charge is -2.08. The first kappa shape index (κ1) is 12.8. The minimum absolute atomic E-state index is 0.0406. The van der Waals surface area contributed by atoms with Gasteiger partial charge >= 0.3 is 0 Å². The van der Waals surface area contributed by atoms with Crippen molar-refractivity contribution in [2.24, 2.45) is 0 Å². The predicted octanol–water partition coefficient (Wildman–Crippen LogP) is 3.88. The quantitative estimate of drug-likeness (QED) is 0.785. The van der Waals surface area contributed by atoms with E-state index in [0.29, 0.717) is 6.61 Å². The molecule has 0 aliphatic carbocycles. The monoisotopic (exact) mass is 353 g/mol. The zero-order chi connectivity index (χ0) is 13.0. The third-order valence-corrected chi connectivity index (χ3v) is 3.27. The molecule has 0 spiro atoms. The number of halogens is 2. The highest BCUT2D eigenvalue weighted by Crippen LogP contribution is 2.21. The molecule has 0 saturated carbocycles. The lowest BCUT2D eigenvalue weighted by Crippen LogP contribution is -1.98. The van der Waals surface area contributed by atoms with Crippen molar-refractivity contribution in [1.82, 2.24) is 0 Å². The summed E-state index contributed by atoms with van der Waals surface area (Å²) >= 11 is 2.19.